The number of halogens is 2. The van der Waals surface area contributed by atoms with Crippen LogP contribution in [-0.4, -0.2) is 15.7 Å². The number of nitrogens with zero attached hydrogens (tertiary/aromatic N) is 1. The maximum Gasteiger partial charge on any atom is 0.182 e. The van der Waals surface area contributed by atoms with E-state index in [0.29, 0.717) is 0 Å². The van der Waals surface area contributed by atoms with Gasteiger partial charge in [0.15, 0.2) is 5.78 Å². The largest absolute Gasteiger partial charge is 0.348 e. The molecule has 0 aliphatic carbocycles. The monoisotopic (exact) mass is 373 g/mol. The zero-order chi connectivity index (χ0) is 14.9. The van der Waals surface area contributed by atoms with Crippen molar-refractivity contribution in [2.75, 3.05) is 0 Å². The van der Waals surface area contributed by atoms with Gasteiger partial charge in [0, 0.05) is 28.4 Å². The average molecular weight is 375 g/mol. The van der Waals surface area contributed by atoms with Gasteiger partial charge in [-0.15, -0.1) is 22.9 Å². The first kappa shape index (κ1) is 15.8. The Balaban J connectivity index is 2.18. The van der Waals surface area contributed by atoms with E-state index < -0.39 is 5.38 Å². The van der Waals surface area contributed by atoms with E-state index in [-0.39, 0.29) is 5.78 Å². The predicted molar refractivity (Wildman–Crippen MR) is 89.3 cm³/mol. The highest BCUT2D eigenvalue weighted by Crippen LogP contribution is 2.24. The third kappa shape index (κ3) is 3.35. The smallest absolute Gasteiger partial charge is 0.182 e. The summed E-state index contributed by atoms with van der Waals surface area (Å²) in [6.45, 7) is 6.63. The van der Waals surface area contributed by atoms with Crippen molar-refractivity contribution in [3.63, 3.8) is 0 Å². The van der Waals surface area contributed by atoms with Gasteiger partial charge in [-0.2, -0.15) is 0 Å². The number of Topliss-reactive ketones (excluding diaryl/α,β-unsaturated/α-hetero) is 1. The Labute approximate surface area is 136 Å². The Kier molecular flexibility index (Phi) is 5.10. The molecular weight excluding hydrogens is 358 g/mol. The molecule has 2 nitrogen and oxygen atoms in total. The highest BCUT2D eigenvalue weighted by molar-refractivity contribution is 9.11. The van der Waals surface area contributed by atoms with Crippen LogP contribution in [0.1, 0.15) is 33.5 Å². The summed E-state index contributed by atoms with van der Waals surface area (Å²) in [7, 11) is 0. The van der Waals surface area contributed by atoms with Crippen molar-refractivity contribution in [3.8, 4) is 0 Å². The number of rotatable bonds is 5. The summed E-state index contributed by atoms with van der Waals surface area (Å²) in [5.74, 6) is 0.00452. The fourth-order valence-electron chi connectivity index (χ4n) is 2.32. The summed E-state index contributed by atoms with van der Waals surface area (Å²) in [5.41, 5.74) is 2.87. The Hall–Kier alpha value is -0.580. The zero-order valence-electron chi connectivity index (χ0n) is 11.7. The quantitative estimate of drug-likeness (QED) is 0.534. The third-order valence-electron chi connectivity index (χ3n) is 3.41. The first-order valence-electron chi connectivity index (χ1n) is 6.49. The molecule has 0 saturated carbocycles. The van der Waals surface area contributed by atoms with Crippen LogP contribution in [0.5, 0.6) is 0 Å². The average Bonchev–Trinajstić information content (AvgIpc) is 2.91. The molecule has 2 aromatic heterocycles. The highest BCUT2D eigenvalue weighted by atomic mass is 79.9. The summed E-state index contributed by atoms with van der Waals surface area (Å²) < 4.78 is 3.35. The van der Waals surface area contributed by atoms with Gasteiger partial charge >= 0.3 is 0 Å². The van der Waals surface area contributed by atoms with Crippen molar-refractivity contribution < 1.29 is 4.79 Å². The molecule has 2 heterocycles. The van der Waals surface area contributed by atoms with Crippen molar-refractivity contribution in [1.29, 1.82) is 0 Å². The number of alkyl halides is 1. The van der Waals surface area contributed by atoms with Crippen LogP contribution in [0.2, 0.25) is 0 Å². The second-order valence-electron chi connectivity index (χ2n) is 4.87. The predicted octanol–water partition coefficient (Wildman–Crippen LogP) is 4.98. The van der Waals surface area contributed by atoms with E-state index in [1.165, 1.54) is 4.88 Å². The van der Waals surface area contributed by atoms with Gasteiger partial charge in [-0.05, 0) is 61.3 Å². The fourth-order valence-corrected chi connectivity index (χ4v) is 3.91. The molecule has 1 atom stereocenters. The molecule has 0 spiro atoms. The number of hydrogen-bond acceptors (Lipinski definition) is 2. The molecule has 1 unspecified atom stereocenters. The number of carbonyl (C=O) groups is 1. The van der Waals surface area contributed by atoms with Gasteiger partial charge in [-0.3, -0.25) is 4.79 Å². The van der Waals surface area contributed by atoms with E-state index >= 15 is 0 Å². The van der Waals surface area contributed by atoms with Crippen LogP contribution < -0.4 is 0 Å². The van der Waals surface area contributed by atoms with Gasteiger partial charge in [-0.1, -0.05) is 0 Å². The van der Waals surface area contributed by atoms with Gasteiger partial charge in [0.1, 0.15) is 0 Å². The lowest BCUT2D eigenvalue weighted by Gasteiger charge is -2.09. The molecule has 20 heavy (non-hydrogen) atoms. The van der Waals surface area contributed by atoms with Crippen LogP contribution >= 0.6 is 38.9 Å². The van der Waals surface area contributed by atoms with Crippen molar-refractivity contribution in [3.05, 3.63) is 43.8 Å². The Morgan fingerprint density at radius 2 is 2.15 bits per heavy atom. The van der Waals surface area contributed by atoms with Crippen molar-refractivity contribution in [2.45, 2.75) is 39.1 Å². The summed E-state index contributed by atoms with van der Waals surface area (Å²) in [4.78, 5) is 13.4. The summed E-state index contributed by atoms with van der Waals surface area (Å²) >= 11 is 11.1. The van der Waals surface area contributed by atoms with Gasteiger partial charge in [0.25, 0.3) is 0 Å². The maximum atomic E-state index is 12.1. The van der Waals surface area contributed by atoms with Crippen LogP contribution in [0.25, 0.3) is 0 Å². The van der Waals surface area contributed by atoms with Gasteiger partial charge in [0.05, 0.1) is 9.16 Å². The van der Waals surface area contributed by atoms with E-state index in [1.54, 1.807) is 18.3 Å². The molecule has 0 fully saturated rings. The number of ketones is 1. The Bertz CT molecular complexity index is 630. The van der Waals surface area contributed by atoms with E-state index in [4.69, 9.17) is 11.6 Å². The van der Waals surface area contributed by atoms with Crippen LogP contribution in [0.15, 0.2) is 22.0 Å². The third-order valence-corrected chi connectivity index (χ3v) is 5.29. The number of aryl methyl sites for hydroxylation is 2. The number of hydrogen-bond donors (Lipinski definition) is 0. The molecule has 0 aliphatic heterocycles. The van der Waals surface area contributed by atoms with Crippen molar-refractivity contribution in [2.24, 2.45) is 0 Å². The summed E-state index contributed by atoms with van der Waals surface area (Å²) in [5, 5.41) is -0.475. The van der Waals surface area contributed by atoms with E-state index in [9.17, 15) is 4.79 Å². The molecule has 0 N–H and O–H groups in total. The molecule has 0 aliphatic rings. The molecular formula is C15H17BrClNOS. The molecule has 0 saturated heterocycles. The first-order chi connectivity index (χ1) is 9.40. The lowest BCUT2D eigenvalue weighted by atomic mass is 10.1. The van der Waals surface area contributed by atoms with Crippen LogP contribution in [-0.2, 0) is 13.0 Å². The standard InChI is InChI=1S/C15H17BrClNOS/c1-9-8-13(15(19)10(2)17)11(3)18(9)7-6-12-4-5-14(16)20-12/h4-5,8,10H,6-7H2,1-3H3. The lowest BCUT2D eigenvalue weighted by molar-refractivity contribution is 0.0991. The van der Waals surface area contributed by atoms with Crippen molar-refractivity contribution in [1.82, 2.24) is 4.57 Å². The summed E-state index contributed by atoms with van der Waals surface area (Å²) in [6.07, 6.45) is 0.969. The normalized spacial score (nSPS) is 12.7. The molecule has 108 valence electrons. The number of aromatic nitrogens is 1. The SMILES string of the molecule is Cc1cc(C(=O)C(C)Cl)c(C)n1CCc1ccc(Br)s1. The van der Waals surface area contributed by atoms with Crippen LogP contribution in [0, 0.1) is 13.8 Å². The van der Waals surface area contributed by atoms with Gasteiger partial charge in [0.2, 0.25) is 0 Å². The maximum absolute atomic E-state index is 12.1. The second kappa shape index (κ2) is 6.46. The molecule has 5 heteroatoms. The van der Waals surface area contributed by atoms with E-state index in [2.05, 4.69) is 32.6 Å². The van der Waals surface area contributed by atoms with Crippen molar-refractivity contribution >= 4 is 44.7 Å². The molecule has 0 bridgehead atoms. The van der Waals surface area contributed by atoms with E-state index in [1.807, 2.05) is 19.9 Å². The molecule has 2 rings (SSSR count). The second-order valence-corrected chi connectivity index (χ2v) is 8.07. The minimum absolute atomic E-state index is 0.00452. The topological polar surface area (TPSA) is 22.0 Å². The fraction of sp³-hybridized carbons (Fsp3) is 0.400. The van der Waals surface area contributed by atoms with Crippen LogP contribution in [0.4, 0.5) is 0 Å². The Morgan fingerprint density at radius 1 is 1.45 bits per heavy atom. The minimum Gasteiger partial charge on any atom is -0.348 e. The van der Waals surface area contributed by atoms with Gasteiger partial charge in [-0.25, -0.2) is 0 Å². The highest BCUT2D eigenvalue weighted by Gasteiger charge is 2.19. The number of carbonyl (C=O) groups excluding carboxylic acids is 1. The Morgan fingerprint density at radius 3 is 2.70 bits per heavy atom. The molecule has 0 radical (unpaired) electrons. The number of thiophene rings is 1. The zero-order valence-corrected chi connectivity index (χ0v) is 14.9. The lowest BCUT2D eigenvalue weighted by Crippen LogP contribution is -2.12. The molecule has 0 amide bonds. The first-order valence-corrected chi connectivity index (χ1v) is 8.54. The molecule has 0 aromatic carbocycles. The minimum atomic E-state index is -0.475. The summed E-state index contributed by atoms with van der Waals surface area (Å²) in [6, 6.07) is 6.15. The molecule has 2 aromatic rings. The van der Waals surface area contributed by atoms with Crippen LogP contribution in [0.3, 0.4) is 0 Å². The van der Waals surface area contributed by atoms with E-state index in [0.717, 1.165) is 33.7 Å². The van der Waals surface area contributed by atoms with Gasteiger partial charge < -0.3 is 4.57 Å².